The van der Waals surface area contributed by atoms with Gasteiger partial charge in [0.15, 0.2) is 30.5 Å². The predicted molar refractivity (Wildman–Crippen MR) is 360 cm³/mol. The van der Waals surface area contributed by atoms with Crippen LogP contribution in [0.4, 0.5) is 65.9 Å². The van der Waals surface area contributed by atoms with Crippen molar-refractivity contribution in [2.75, 3.05) is 142 Å². The van der Waals surface area contributed by atoms with E-state index >= 15 is 0 Å². The molecule has 3 unspecified atom stereocenters. The minimum atomic E-state index is -7.20. The molecule has 0 spiro atoms. The summed E-state index contributed by atoms with van der Waals surface area (Å²) in [6.45, 7) is 9.33. The fraction of sp³-hybridized carbons (Fsp3) is 0.737. The minimum Gasteiger partial charge on any atom is -0.497 e. The number of esters is 1. The Morgan fingerprint density at radius 1 is 0.491 bits per heavy atom. The van der Waals surface area contributed by atoms with E-state index in [0.717, 1.165) is 77.0 Å². The van der Waals surface area contributed by atoms with Crippen molar-refractivity contribution in [2.24, 2.45) is 10.8 Å². The summed E-state index contributed by atoms with van der Waals surface area (Å²) in [4.78, 5) is 39.8. The third-order valence-electron chi connectivity index (χ3n) is 16.0. The van der Waals surface area contributed by atoms with Gasteiger partial charge >= 0.3 is 45.0 Å². The molecule has 0 aliphatic carbocycles. The molecule has 612 valence electrons. The molecule has 26 nitrogen and oxygen atoms in total. The number of nitrogens with zero attached hydrogens (tertiary/aromatic N) is 6. The molecule has 5 saturated heterocycles. The van der Waals surface area contributed by atoms with Crippen LogP contribution in [0.2, 0.25) is 0 Å². The van der Waals surface area contributed by atoms with Crippen LogP contribution in [-0.2, 0) is 101 Å². The second-order valence-corrected chi connectivity index (χ2v) is 41.8. The van der Waals surface area contributed by atoms with Crippen LogP contribution in [-0.4, -0.2) is 284 Å². The molecule has 5 aliphatic rings. The topological polar surface area (TPSA) is 343 Å². The standard InChI is InChI=1S/2C17H25O3S.C12H16F6N3O8S3.C11H15F9N3O6S3/c2*1-17(2,3)16(21-11-9-20-10-12-21)15(18)13-5-7-14(19-4)8-6-13;1-30(23,24)19-31(25,26)11(15,16)10(13,14)12(17,18)32(27,28)21-5-3-20(4-6-21)8-2-7-29-9(8)22;1-30(24,25)21-31(26,27)10(17,18)9(15,16)11(19,20)32(28,29)23-6-4-22(5-7-23)3-2-8(12,13)14/h2*5-8,16H,9-12H2,1-4H3;8H,2-7H2,1H3;2-7H2,1H3/q2*+1;2*-1. The number of Topliss-reactive ketones (excluding diaryl/α,β-unsaturated/α-hetero) is 2. The highest BCUT2D eigenvalue weighted by molar-refractivity contribution is 8.13. The van der Waals surface area contributed by atoms with E-state index in [1.807, 2.05) is 48.5 Å². The van der Waals surface area contributed by atoms with Gasteiger partial charge in [0, 0.05) is 122 Å². The number of ether oxygens (including phenoxy) is 5. The number of carbonyl (C=O) groups excluding carboxylic acids is 3. The minimum absolute atomic E-state index is 0.0303. The highest BCUT2D eigenvalue weighted by Gasteiger charge is 2.82. The first-order valence-electron chi connectivity index (χ1n) is 31.1. The smallest absolute Gasteiger partial charge is 0.428 e. The first-order chi connectivity index (χ1) is 47.9. The number of methoxy groups -OCH3 is 2. The third-order valence-corrected chi connectivity index (χ3v) is 31.4. The van der Waals surface area contributed by atoms with Crippen molar-refractivity contribution in [1.82, 2.24) is 18.4 Å². The van der Waals surface area contributed by atoms with Crippen molar-refractivity contribution in [3.8, 4) is 11.5 Å². The first kappa shape index (κ1) is 94.3. The fourth-order valence-corrected chi connectivity index (χ4v) is 23.8. The maximum Gasteiger partial charge on any atom is 0.428 e. The largest absolute Gasteiger partial charge is 0.497 e. The third kappa shape index (κ3) is 22.6. The lowest BCUT2D eigenvalue weighted by Crippen LogP contribution is -2.64. The number of rotatable bonds is 25. The van der Waals surface area contributed by atoms with E-state index in [4.69, 9.17) is 23.7 Å². The lowest BCUT2D eigenvalue weighted by molar-refractivity contribution is -0.244. The Kier molecular flexibility index (Phi) is 31.4. The van der Waals surface area contributed by atoms with Crippen LogP contribution >= 0.6 is 0 Å². The molecular weight excluding hydrogens is 1630 g/mol. The van der Waals surface area contributed by atoms with Gasteiger partial charge in [-0.05, 0) is 48.5 Å². The summed E-state index contributed by atoms with van der Waals surface area (Å²) in [6.07, 6.45) is -5.98. The fourth-order valence-electron chi connectivity index (χ4n) is 10.8. The zero-order chi connectivity index (χ0) is 81.5. The first-order valence-corrected chi connectivity index (χ1v) is 43.8. The van der Waals surface area contributed by atoms with Crippen LogP contribution < -0.4 is 9.47 Å². The number of hydrogen-bond acceptors (Lipinski definition) is 22. The Morgan fingerprint density at radius 2 is 0.802 bits per heavy atom. The SMILES string of the molecule is COc1ccc(C(=O)C([S+]2CCOCC2)C(C)(C)C)cc1.COc1ccc(C(=O)C([S+]2CCOCC2)C(C)(C)C)cc1.CS(=O)(=O)[N-]S(=O)(=O)C(F)(F)C(F)(F)C(F)(F)S(=O)(=O)N1CCN(C2CCOC2=O)CC1.CS(=O)(=O)[N-]S(=O)(=O)C(F)(F)C(F)(F)C(F)(F)S(=O)(=O)N1CCN(CCC(F)(F)F)CC1. The lowest BCUT2D eigenvalue weighted by atomic mass is 9.87. The Hall–Kier alpha value is -4.12. The monoisotopic (exact) mass is 1710 g/mol. The van der Waals surface area contributed by atoms with Crippen LogP contribution in [0.25, 0.3) is 8.25 Å². The summed E-state index contributed by atoms with van der Waals surface area (Å²) in [6, 6.07) is 14.1. The maximum atomic E-state index is 14.3. The molecule has 5 heterocycles. The molecule has 0 radical (unpaired) electrons. The van der Waals surface area contributed by atoms with Crippen LogP contribution in [0.3, 0.4) is 0 Å². The van der Waals surface area contributed by atoms with Gasteiger partial charge in [0.05, 0.1) is 73.7 Å². The van der Waals surface area contributed by atoms with E-state index in [1.165, 1.54) is 13.2 Å². The maximum absolute atomic E-state index is 14.3. The van der Waals surface area contributed by atoms with E-state index < -0.39 is 181 Å². The number of benzene rings is 2. The summed E-state index contributed by atoms with van der Waals surface area (Å²) in [5.41, 5.74) is 1.51. The number of sulfonamides is 6. The van der Waals surface area contributed by atoms with Crippen LogP contribution in [0.1, 0.15) is 75.1 Å². The van der Waals surface area contributed by atoms with Crippen LogP contribution in [0, 0.1) is 10.8 Å². The molecule has 0 N–H and O–H groups in total. The number of alkyl halides is 15. The van der Waals surface area contributed by atoms with Crippen molar-refractivity contribution in [1.29, 1.82) is 0 Å². The molecule has 106 heavy (non-hydrogen) atoms. The molecule has 49 heteroatoms. The van der Waals surface area contributed by atoms with Crippen LogP contribution in [0.15, 0.2) is 48.5 Å². The molecule has 0 saturated carbocycles. The van der Waals surface area contributed by atoms with Crippen molar-refractivity contribution >= 4 is 99.5 Å². The normalized spacial score (nSPS) is 20.1. The molecule has 2 aromatic carbocycles. The lowest BCUT2D eigenvalue weighted by Gasteiger charge is -2.40. The van der Waals surface area contributed by atoms with Gasteiger partial charge < -0.3 is 36.8 Å². The van der Waals surface area contributed by atoms with Crippen molar-refractivity contribution in [3.05, 3.63) is 67.9 Å². The second-order valence-electron chi connectivity index (χ2n) is 26.1. The molecule has 5 aliphatic heterocycles. The Morgan fingerprint density at radius 3 is 1.07 bits per heavy atom. The highest BCUT2D eigenvalue weighted by atomic mass is 32.3. The molecule has 0 bridgehead atoms. The van der Waals surface area contributed by atoms with E-state index in [-0.39, 0.29) is 84.5 Å². The van der Waals surface area contributed by atoms with Crippen molar-refractivity contribution in [3.63, 3.8) is 0 Å². The molecule has 3 atom stereocenters. The average molecular weight is 1710 g/mol. The van der Waals surface area contributed by atoms with Gasteiger partial charge in [0.1, 0.15) is 40.6 Å². The summed E-state index contributed by atoms with van der Waals surface area (Å²) in [5.74, 6) is -8.87. The number of hydrogen-bond donors (Lipinski definition) is 0. The zero-order valence-electron chi connectivity index (χ0n) is 58.3. The van der Waals surface area contributed by atoms with Crippen LogP contribution in [0.5, 0.6) is 11.5 Å². The molecule has 7 rings (SSSR count). The summed E-state index contributed by atoms with van der Waals surface area (Å²) in [5, 5.41) is -27.2. The Labute approximate surface area is 610 Å². The number of piperazine rings is 2. The van der Waals surface area contributed by atoms with Gasteiger partial charge in [-0.3, -0.25) is 19.3 Å². The molecular formula is C57H81F15N6O20S8. The van der Waals surface area contributed by atoms with Crippen molar-refractivity contribution < 1.29 is 154 Å². The van der Waals surface area contributed by atoms with E-state index in [9.17, 15) is 131 Å². The quantitative estimate of drug-likeness (QED) is 0.0418. The van der Waals surface area contributed by atoms with Gasteiger partial charge in [-0.15, -0.1) is 0 Å². The Bertz CT molecular complexity index is 3950. The van der Waals surface area contributed by atoms with Gasteiger partial charge in [-0.25, -0.2) is 50.5 Å². The Balaban J connectivity index is 0.000000304. The average Bonchev–Trinajstić information content (AvgIpc) is 0.726. The molecule has 0 aromatic heterocycles. The van der Waals surface area contributed by atoms with Gasteiger partial charge in [0.2, 0.25) is 11.6 Å². The predicted octanol–water partition coefficient (Wildman–Crippen LogP) is 6.99. The van der Waals surface area contributed by atoms with Gasteiger partial charge in [0.25, 0.3) is 20.0 Å². The number of carbonyl (C=O) groups is 3. The summed E-state index contributed by atoms with van der Waals surface area (Å²) >= 11 is 0. The molecule has 0 amide bonds. The highest BCUT2D eigenvalue weighted by Crippen LogP contribution is 2.55. The van der Waals surface area contributed by atoms with E-state index in [1.54, 1.807) is 14.2 Å². The molecule has 5 fully saturated rings. The summed E-state index contributed by atoms with van der Waals surface area (Å²) < 4.78 is 369. The van der Waals surface area contributed by atoms with E-state index in [0.29, 0.717) is 0 Å². The van der Waals surface area contributed by atoms with Crippen molar-refractivity contribution in [2.45, 2.75) is 110 Å². The second kappa shape index (κ2) is 35.3. The van der Waals surface area contributed by atoms with Gasteiger partial charge in [-0.2, -0.15) is 74.5 Å². The van der Waals surface area contributed by atoms with Gasteiger partial charge in [-0.1, -0.05) is 41.5 Å². The molecule has 2 aromatic rings. The summed E-state index contributed by atoms with van der Waals surface area (Å²) in [7, 11) is -34.8. The number of halogens is 15. The zero-order valence-corrected chi connectivity index (χ0v) is 64.8. The number of cyclic esters (lactones) is 1. The van der Waals surface area contributed by atoms with E-state index in [2.05, 4.69) is 41.5 Å². The number of ketones is 2.